The fraction of sp³-hybridized carbons (Fsp3) is 0.878. The molecule has 0 saturated heterocycles. The topological polar surface area (TPSA) is 72.8 Å². The molecule has 0 radical (unpaired) electrons. The third-order valence-corrected chi connectivity index (χ3v) is 10.7. The second-order valence-corrected chi connectivity index (χ2v) is 16.2. The summed E-state index contributed by atoms with van der Waals surface area (Å²) in [5.41, 5.74) is 0. The van der Waals surface area contributed by atoms with E-state index in [0.717, 1.165) is 38.5 Å². The summed E-state index contributed by atoms with van der Waals surface area (Å²) in [6, 6.07) is 0. The highest BCUT2D eigenvalue weighted by molar-refractivity contribution is 5.70. The van der Waals surface area contributed by atoms with Crippen LogP contribution in [0.3, 0.4) is 0 Å². The Bertz CT molecular complexity index is 821. The van der Waals surface area contributed by atoms with E-state index in [1.807, 2.05) is 0 Å². The maximum Gasteiger partial charge on any atom is 0.306 e. The summed E-state index contributed by atoms with van der Waals surface area (Å²) < 4.78 is 10.7. The van der Waals surface area contributed by atoms with Gasteiger partial charge in [0.2, 0.25) is 0 Å². The van der Waals surface area contributed by atoms with E-state index < -0.39 is 6.10 Å². The summed E-state index contributed by atoms with van der Waals surface area (Å²) in [7, 11) is 0. The molecule has 0 bridgehead atoms. The van der Waals surface area contributed by atoms with Crippen LogP contribution in [0.25, 0.3) is 0 Å². The smallest absolute Gasteiger partial charge is 0.306 e. The van der Waals surface area contributed by atoms with Gasteiger partial charge in [-0.25, -0.2) is 0 Å². The summed E-state index contributed by atoms with van der Waals surface area (Å²) in [6.07, 6.45) is 55.4. The molecule has 0 aliphatic carbocycles. The molecule has 5 heteroatoms. The maximum absolute atomic E-state index is 12.2. The largest absolute Gasteiger partial charge is 0.462 e. The van der Waals surface area contributed by atoms with Gasteiger partial charge in [-0.1, -0.05) is 224 Å². The maximum atomic E-state index is 12.2. The Morgan fingerprint density at radius 1 is 0.426 bits per heavy atom. The van der Waals surface area contributed by atoms with E-state index in [4.69, 9.17) is 9.47 Å². The number of rotatable bonds is 44. The van der Waals surface area contributed by atoms with Crippen molar-refractivity contribution in [3.05, 3.63) is 24.3 Å². The fourth-order valence-corrected chi connectivity index (χ4v) is 7.12. The lowest BCUT2D eigenvalue weighted by molar-refractivity contribution is -0.161. The average Bonchev–Trinajstić information content (AvgIpc) is 3.17. The molecule has 1 unspecified atom stereocenters. The number of aliphatic hydroxyl groups is 1. The summed E-state index contributed by atoms with van der Waals surface area (Å²) in [6.45, 7) is 4.16. The highest BCUT2D eigenvalue weighted by Gasteiger charge is 2.16. The van der Waals surface area contributed by atoms with E-state index in [1.165, 1.54) is 193 Å². The number of unbranched alkanes of at least 4 members (excludes halogenated alkanes) is 32. The molecule has 5 nitrogen and oxygen atoms in total. The van der Waals surface area contributed by atoms with Gasteiger partial charge in [0.1, 0.15) is 6.61 Å². The first kappa shape index (κ1) is 52.4. The standard InChI is InChI=1S/C49H92O5/c1-3-5-7-9-11-13-15-17-19-21-23-24-26-28-30-32-34-36-38-40-42-44-49(52)54-47(45-50)46-53-48(51)43-41-39-37-35-33-31-29-27-25-22-20-18-16-14-12-10-8-6-4-2/h15,17,21,23,47,50H,3-14,16,18-20,22,24-46H2,1-2H3/b17-15-,23-21-. The van der Waals surface area contributed by atoms with Gasteiger partial charge in [-0.2, -0.15) is 0 Å². The molecule has 318 valence electrons. The quantitative estimate of drug-likeness (QED) is 0.0380. The second kappa shape index (κ2) is 45.8. The molecule has 1 atom stereocenters. The molecule has 0 rings (SSSR count). The molecule has 0 aliphatic rings. The van der Waals surface area contributed by atoms with Crippen molar-refractivity contribution in [3.63, 3.8) is 0 Å². The van der Waals surface area contributed by atoms with Gasteiger partial charge >= 0.3 is 11.9 Å². The molecule has 0 saturated carbocycles. The van der Waals surface area contributed by atoms with Gasteiger partial charge in [0.25, 0.3) is 0 Å². The number of carbonyl (C=O) groups is 2. The second-order valence-electron chi connectivity index (χ2n) is 16.2. The van der Waals surface area contributed by atoms with E-state index in [-0.39, 0.29) is 25.2 Å². The first-order valence-electron chi connectivity index (χ1n) is 23.9. The monoisotopic (exact) mass is 761 g/mol. The molecule has 1 N–H and O–H groups in total. The molecule has 0 aromatic heterocycles. The molecule has 0 aromatic carbocycles. The van der Waals surface area contributed by atoms with Crippen molar-refractivity contribution in [2.75, 3.05) is 13.2 Å². The highest BCUT2D eigenvalue weighted by Crippen LogP contribution is 2.16. The normalized spacial score (nSPS) is 12.3. The molecule has 0 spiro atoms. The van der Waals surface area contributed by atoms with E-state index in [1.54, 1.807) is 0 Å². The van der Waals surface area contributed by atoms with Gasteiger partial charge in [-0.05, 0) is 44.9 Å². The summed E-state index contributed by atoms with van der Waals surface area (Å²) in [5, 5.41) is 9.60. The van der Waals surface area contributed by atoms with E-state index in [0.29, 0.717) is 12.8 Å². The summed E-state index contributed by atoms with van der Waals surface area (Å²) >= 11 is 0. The minimum Gasteiger partial charge on any atom is -0.462 e. The van der Waals surface area contributed by atoms with Crippen molar-refractivity contribution >= 4 is 11.9 Å². The van der Waals surface area contributed by atoms with Crippen molar-refractivity contribution in [2.24, 2.45) is 0 Å². The number of hydrogen-bond donors (Lipinski definition) is 1. The van der Waals surface area contributed by atoms with Gasteiger partial charge in [-0.15, -0.1) is 0 Å². The number of esters is 2. The Balaban J connectivity index is 3.49. The van der Waals surface area contributed by atoms with Crippen molar-refractivity contribution < 1.29 is 24.2 Å². The third-order valence-electron chi connectivity index (χ3n) is 10.7. The number of allylic oxidation sites excluding steroid dienone is 4. The zero-order valence-electron chi connectivity index (χ0n) is 36.3. The molecular formula is C49H92O5. The number of hydrogen-bond acceptors (Lipinski definition) is 5. The molecule has 0 amide bonds. The van der Waals surface area contributed by atoms with Crippen molar-refractivity contribution in [1.29, 1.82) is 0 Å². The zero-order chi connectivity index (χ0) is 39.3. The lowest BCUT2D eigenvalue weighted by Crippen LogP contribution is -2.28. The van der Waals surface area contributed by atoms with Crippen LogP contribution in [0.2, 0.25) is 0 Å². The van der Waals surface area contributed by atoms with Crippen LogP contribution in [0.1, 0.15) is 258 Å². The lowest BCUT2D eigenvalue weighted by atomic mass is 10.0. The van der Waals surface area contributed by atoms with Crippen LogP contribution in [0.4, 0.5) is 0 Å². The Labute approximate surface area is 336 Å². The molecule has 0 heterocycles. The van der Waals surface area contributed by atoms with Crippen LogP contribution in [0.5, 0.6) is 0 Å². The predicted octanol–water partition coefficient (Wildman–Crippen LogP) is 15.4. The first-order chi connectivity index (χ1) is 26.6. The predicted molar refractivity (Wildman–Crippen MR) is 233 cm³/mol. The van der Waals surface area contributed by atoms with Crippen LogP contribution in [-0.2, 0) is 19.1 Å². The average molecular weight is 761 g/mol. The highest BCUT2D eigenvalue weighted by atomic mass is 16.6. The van der Waals surface area contributed by atoms with Gasteiger partial charge in [0.05, 0.1) is 6.61 Å². The third kappa shape index (κ3) is 43.1. The zero-order valence-corrected chi connectivity index (χ0v) is 36.3. The molecule has 0 fully saturated rings. The van der Waals surface area contributed by atoms with Gasteiger partial charge < -0.3 is 14.6 Å². The molecule has 0 aromatic rings. The van der Waals surface area contributed by atoms with Gasteiger partial charge in [-0.3, -0.25) is 9.59 Å². The summed E-state index contributed by atoms with van der Waals surface area (Å²) in [4.78, 5) is 24.4. The molecule has 0 aliphatic heterocycles. The van der Waals surface area contributed by atoms with Crippen LogP contribution in [-0.4, -0.2) is 36.4 Å². The molecular weight excluding hydrogens is 669 g/mol. The fourth-order valence-electron chi connectivity index (χ4n) is 7.12. The van der Waals surface area contributed by atoms with Crippen molar-refractivity contribution in [3.8, 4) is 0 Å². The van der Waals surface area contributed by atoms with Crippen molar-refractivity contribution in [1.82, 2.24) is 0 Å². The van der Waals surface area contributed by atoms with Crippen LogP contribution < -0.4 is 0 Å². The van der Waals surface area contributed by atoms with Crippen molar-refractivity contribution in [2.45, 2.75) is 264 Å². The van der Waals surface area contributed by atoms with E-state index in [2.05, 4.69) is 38.2 Å². The van der Waals surface area contributed by atoms with E-state index >= 15 is 0 Å². The Kier molecular flexibility index (Phi) is 44.4. The van der Waals surface area contributed by atoms with E-state index in [9.17, 15) is 14.7 Å². The Morgan fingerprint density at radius 3 is 1.09 bits per heavy atom. The minimum absolute atomic E-state index is 0.0624. The number of ether oxygens (including phenoxy) is 2. The minimum atomic E-state index is -0.770. The van der Waals surface area contributed by atoms with Gasteiger partial charge in [0, 0.05) is 12.8 Å². The Morgan fingerprint density at radius 2 is 0.741 bits per heavy atom. The van der Waals surface area contributed by atoms with Gasteiger partial charge in [0.15, 0.2) is 6.10 Å². The van der Waals surface area contributed by atoms with Crippen LogP contribution >= 0.6 is 0 Å². The number of carbonyl (C=O) groups excluding carboxylic acids is 2. The summed E-state index contributed by atoms with van der Waals surface area (Å²) in [5.74, 6) is -0.581. The Hall–Kier alpha value is -1.62. The van der Waals surface area contributed by atoms with Crippen LogP contribution in [0.15, 0.2) is 24.3 Å². The SMILES string of the molecule is CCCCCCC/C=C\C/C=C\CCCCCCCCCCCC(=O)OC(CO)COC(=O)CCCCCCCCCCCCCCCCCCCCC. The molecule has 54 heavy (non-hydrogen) atoms. The lowest BCUT2D eigenvalue weighted by Gasteiger charge is -2.15. The number of aliphatic hydroxyl groups excluding tert-OH is 1. The van der Waals surface area contributed by atoms with Crippen LogP contribution in [0, 0.1) is 0 Å². The first-order valence-corrected chi connectivity index (χ1v) is 23.9.